The van der Waals surface area contributed by atoms with E-state index in [0.29, 0.717) is 0 Å². The van der Waals surface area contributed by atoms with Crippen LogP contribution in [-0.2, 0) is 19.3 Å². The molecule has 0 spiro atoms. The fourth-order valence-electron chi connectivity index (χ4n) is 5.31. The third-order valence-electron chi connectivity index (χ3n) is 7.39. The van der Waals surface area contributed by atoms with E-state index in [2.05, 4.69) is 60.7 Å². The van der Waals surface area contributed by atoms with Crippen molar-refractivity contribution in [2.24, 2.45) is 0 Å². The number of nitrogen functional groups attached to an aromatic ring is 2. The number of phenols is 2. The minimum Gasteiger partial charge on any atom is -0.508 e. The van der Waals surface area contributed by atoms with Gasteiger partial charge in [-0.2, -0.15) is 0 Å². The van der Waals surface area contributed by atoms with Gasteiger partial charge in [0.05, 0.1) is 0 Å². The van der Waals surface area contributed by atoms with Crippen molar-refractivity contribution in [3.63, 3.8) is 0 Å². The zero-order chi connectivity index (χ0) is 26.9. The molecule has 4 heteroatoms. The zero-order valence-electron chi connectivity index (χ0n) is 21.6. The predicted octanol–water partition coefficient (Wildman–Crippen LogP) is 7.34. The molecule has 6 rings (SSSR count). The van der Waals surface area contributed by atoms with E-state index in [1.807, 2.05) is 24.3 Å². The Bertz CT molecular complexity index is 1710. The Morgan fingerprint density at radius 2 is 0.769 bits per heavy atom. The molecule has 0 atom stereocenters. The predicted molar refractivity (Wildman–Crippen MR) is 161 cm³/mol. The van der Waals surface area contributed by atoms with E-state index in [1.165, 1.54) is 11.1 Å². The van der Waals surface area contributed by atoms with Crippen LogP contribution in [0.2, 0.25) is 0 Å². The van der Waals surface area contributed by atoms with Gasteiger partial charge in [0, 0.05) is 11.4 Å². The highest BCUT2D eigenvalue weighted by Gasteiger charge is 2.09. The number of nitrogens with two attached hydrogens (primary N) is 2. The summed E-state index contributed by atoms with van der Waals surface area (Å²) in [4.78, 5) is 0. The van der Waals surface area contributed by atoms with Crippen LogP contribution in [0.3, 0.4) is 0 Å². The Balaban J connectivity index is 1.23. The summed E-state index contributed by atoms with van der Waals surface area (Å²) in [6.45, 7) is 0. The maximum Gasteiger partial charge on any atom is 0.116 e. The minimum atomic E-state index is 0.268. The maximum absolute atomic E-state index is 9.87. The van der Waals surface area contributed by atoms with Crippen molar-refractivity contribution >= 4 is 32.9 Å². The van der Waals surface area contributed by atoms with E-state index < -0.39 is 0 Å². The van der Waals surface area contributed by atoms with Gasteiger partial charge in [-0.25, -0.2) is 0 Å². The number of phenolic OH excluding ortho intramolecular Hbond substituents is 2. The lowest BCUT2D eigenvalue weighted by atomic mass is 9.94. The van der Waals surface area contributed by atoms with Gasteiger partial charge < -0.3 is 21.7 Å². The summed E-state index contributed by atoms with van der Waals surface area (Å²) in [5.41, 5.74) is 21.1. The molecule has 6 N–H and O–H groups in total. The highest BCUT2D eigenvalue weighted by atomic mass is 16.3. The van der Waals surface area contributed by atoms with Crippen molar-refractivity contribution in [2.75, 3.05) is 11.5 Å². The SMILES string of the molecule is Nc1ccc(Cc2ccc(N)c(Cc3ccc4ccc(O)cc4c3)c2)cc1Cc1ccc2ccc(O)cc2c1. The Labute approximate surface area is 227 Å². The summed E-state index contributed by atoms with van der Waals surface area (Å²) < 4.78 is 0. The van der Waals surface area contributed by atoms with E-state index in [-0.39, 0.29) is 11.5 Å². The molecule has 0 fully saturated rings. The summed E-state index contributed by atoms with van der Waals surface area (Å²) in [5, 5.41) is 24.0. The Kier molecular flexibility index (Phi) is 6.29. The standard InChI is InChI=1S/C35H30N2O2/c36-34-11-3-22(16-30(34)18-24-1-5-26-7-9-32(38)20-28(26)14-24)13-23-4-12-35(37)31(17-23)19-25-2-6-27-8-10-33(39)21-29(27)15-25/h1-12,14-17,20-21,38-39H,13,18-19,36-37H2. The van der Waals surface area contributed by atoms with Crippen LogP contribution in [-0.4, -0.2) is 10.2 Å². The highest BCUT2D eigenvalue weighted by Crippen LogP contribution is 2.27. The fourth-order valence-corrected chi connectivity index (χ4v) is 5.31. The normalized spacial score (nSPS) is 11.3. The average Bonchev–Trinajstić information content (AvgIpc) is 2.92. The first-order chi connectivity index (χ1) is 18.9. The molecular weight excluding hydrogens is 480 g/mol. The van der Waals surface area contributed by atoms with Gasteiger partial charge >= 0.3 is 0 Å². The van der Waals surface area contributed by atoms with Gasteiger partial charge in [-0.1, -0.05) is 72.8 Å². The second-order valence-corrected chi connectivity index (χ2v) is 10.3. The molecule has 192 valence electrons. The number of fused-ring (bicyclic) bond motifs is 2. The van der Waals surface area contributed by atoms with Crippen LogP contribution in [0.25, 0.3) is 21.5 Å². The van der Waals surface area contributed by atoms with Crippen molar-refractivity contribution in [3.05, 3.63) is 143 Å². The van der Waals surface area contributed by atoms with Gasteiger partial charge in [0.2, 0.25) is 0 Å². The molecule has 0 saturated heterocycles. The molecule has 0 heterocycles. The van der Waals surface area contributed by atoms with E-state index in [9.17, 15) is 10.2 Å². The highest BCUT2D eigenvalue weighted by molar-refractivity contribution is 5.85. The molecule has 4 nitrogen and oxygen atoms in total. The van der Waals surface area contributed by atoms with Gasteiger partial charge in [0.1, 0.15) is 11.5 Å². The molecule has 0 amide bonds. The van der Waals surface area contributed by atoms with Crippen LogP contribution in [0.4, 0.5) is 11.4 Å². The Hall–Kier alpha value is -4.96. The van der Waals surface area contributed by atoms with Gasteiger partial charge in [0.15, 0.2) is 0 Å². The topological polar surface area (TPSA) is 92.5 Å². The number of hydrogen-bond acceptors (Lipinski definition) is 4. The third-order valence-corrected chi connectivity index (χ3v) is 7.39. The molecule has 0 aliphatic heterocycles. The molecule has 39 heavy (non-hydrogen) atoms. The van der Waals surface area contributed by atoms with Crippen molar-refractivity contribution in [2.45, 2.75) is 19.3 Å². The van der Waals surface area contributed by atoms with Crippen LogP contribution in [0.15, 0.2) is 109 Å². The summed E-state index contributed by atoms with van der Waals surface area (Å²) in [7, 11) is 0. The van der Waals surface area contributed by atoms with Gasteiger partial charge in [0.25, 0.3) is 0 Å². The second-order valence-electron chi connectivity index (χ2n) is 10.3. The second kappa shape index (κ2) is 10.1. The first kappa shape index (κ1) is 24.4. The van der Waals surface area contributed by atoms with E-state index >= 15 is 0 Å². The summed E-state index contributed by atoms with van der Waals surface area (Å²) in [6.07, 6.45) is 2.21. The molecule has 0 aromatic heterocycles. The van der Waals surface area contributed by atoms with Crippen LogP contribution >= 0.6 is 0 Å². The van der Waals surface area contributed by atoms with E-state index in [0.717, 1.165) is 74.4 Å². The number of aromatic hydroxyl groups is 2. The van der Waals surface area contributed by atoms with E-state index in [1.54, 1.807) is 24.3 Å². The number of benzene rings is 6. The van der Waals surface area contributed by atoms with E-state index in [4.69, 9.17) is 11.5 Å². The molecule has 0 radical (unpaired) electrons. The quantitative estimate of drug-likeness (QED) is 0.176. The first-order valence-electron chi connectivity index (χ1n) is 13.1. The molecule has 0 aliphatic rings. The van der Waals surface area contributed by atoms with Gasteiger partial charge in [-0.05, 0) is 111 Å². The van der Waals surface area contributed by atoms with Gasteiger partial charge in [-0.3, -0.25) is 0 Å². The lowest BCUT2D eigenvalue weighted by Gasteiger charge is -2.12. The van der Waals surface area contributed by atoms with Crippen LogP contribution in [0.1, 0.15) is 33.4 Å². The molecule has 0 bridgehead atoms. The molecule has 0 unspecified atom stereocenters. The van der Waals surface area contributed by atoms with Crippen molar-refractivity contribution in [3.8, 4) is 11.5 Å². The number of rotatable bonds is 6. The Morgan fingerprint density at radius 3 is 1.23 bits per heavy atom. The van der Waals surface area contributed by atoms with Crippen molar-refractivity contribution in [1.29, 1.82) is 0 Å². The molecule has 6 aromatic carbocycles. The monoisotopic (exact) mass is 510 g/mol. The van der Waals surface area contributed by atoms with Crippen LogP contribution in [0, 0.1) is 0 Å². The minimum absolute atomic E-state index is 0.268. The summed E-state index contributed by atoms with van der Waals surface area (Å²) in [5.74, 6) is 0.535. The lowest BCUT2D eigenvalue weighted by Crippen LogP contribution is -2.00. The number of anilines is 2. The zero-order valence-corrected chi connectivity index (χ0v) is 21.6. The van der Waals surface area contributed by atoms with Crippen LogP contribution in [0.5, 0.6) is 11.5 Å². The summed E-state index contributed by atoms with van der Waals surface area (Å²) in [6, 6.07) is 36.0. The number of hydrogen-bond donors (Lipinski definition) is 4. The molecule has 6 aromatic rings. The summed E-state index contributed by atoms with van der Waals surface area (Å²) >= 11 is 0. The fraction of sp³-hybridized carbons (Fsp3) is 0.0857. The first-order valence-corrected chi connectivity index (χ1v) is 13.1. The maximum atomic E-state index is 9.87. The smallest absolute Gasteiger partial charge is 0.116 e. The Morgan fingerprint density at radius 1 is 0.385 bits per heavy atom. The van der Waals surface area contributed by atoms with Crippen molar-refractivity contribution in [1.82, 2.24) is 0 Å². The molecule has 0 saturated carbocycles. The largest absolute Gasteiger partial charge is 0.508 e. The van der Waals surface area contributed by atoms with Gasteiger partial charge in [-0.15, -0.1) is 0 Å². The average molecular weight is 511 g/mol. The molecular formula is C35H30N2O2. The van der Waals surface area contributed by atoms with Crippen LogP contribution < -0.4 is 11.5 Å². The molecule has 0 aliphatic carbocycles. The third kappa shape index (κ3) is 5.36. The lowest BCUT2D eigenvalue weighted by molar-refractivity contribution is 0.475. The van der Waals surface area contributed by atoms with Crippen molar-refractivity contribution < 1.29 is 10.2 Å².